The first kappa shape index (κ1) is 14.6. The molecule has 1 aromatic rings. The summed E-state index contributed by atoms with van der Waals surface area (Å²) in [6, 6.07) is 6.28. The van der Waals surface area contributed by atoms with Crippen LogP contribution in [0.3, 0.4) is 0 Å². The first-order chi connectivity index (χ1) is 8.77. The second-order valence-corrected chi connectivity index (χ2v) is 6.21. The van der Waals surface area contributed by atoms with Crippen LogP contribution in [0, 0.1) is 6.92 Å². The number of aryl methyl sites for hydroxylation is 1. The number of hydrogen-bond donors (Lipinski definition) is 0. The third-order valence-electron chi connectivity index (χ3n) is 4.16. The molecular weight excluding hydrogens is 239 g/mol. The van der Waals surface area contributed by atoms with Gasteiger partial charge in [-0.1, -0.05) is 23.8 Å². The summed E-state index contributed by atoms with van der Waals surface area (Å²) in [5.74, 6) is 0. The SMILES string of the molecule is COCc1ccc(C)c(B2OC(C)(C)C(C)(C)O2)c1. The number of benzene rings is 1. The quantitative estimate of drug-likeness (QED) is 0.783. The summed E-state index contributed by atoms with van der Waals surface area (Å²) in [6.45, 7) is 11.0. The molecule has 0 bridgehead atoms. The van der Waals surface area contributed by atoms with Gasteiger partial charge < -0.3 is 14.0 Å². The van der Waals surface area contributed by atoms with Gasteiger partial charge in [0, 0.05) is 7.11 Å². The molecule has 0 atom stereocenters. The minimum absolute atomic E-state index is 0.304. The molecule has 0 amide bonds. The van der Waals surface area contributed by atoms with Crippen molar-refractivity contribution in [1.29, 1.82) is 0 Å². The smallest absolute Gasteiger partial charge is 0.399 e. The molecule has 19 heavy (non-hydrogen) atoms. The van der Waals surface area contributed by atoms with Gasteiger partial charge in [-0.05, 0) is 45.6 Å². The summed E-state index contributed by atoms with van der Waals surface area (Å²) in [5, 5.41) is 0. The summed E-state index contributed by atoms with van der Waals surface area (Å²) in [7, 11) is 1.40. The van der Waals surface area contributed by atoms with Gasteiger partial charge in [0.05, 0.1) is 17.8 Å². The van der Waals surface area contributed by atoms with Gasteiger partial charge in [-0.25, -0.2) is 0 Å². The highest BCUT2D eigenvalue weighted by Crippen LogP contribution is 2.36. The topological polar surface area (TPSA) is 27.7 Å². The van der Waals surface area contributed by atoms with E-state index in [2.05, 4.69) is 52.8 Å². The summed E-state index contributed by atoms with van der Waals surface area (Å²) >= 11 is 0. The van der Waals surface area contributed by atoms with E-state index < -0.39 is 0 Å². The minimum Gasteiger partial charge on any atom is -0.399 e. The van der Waals surface area contributed by atoms with Crippen molar-refractivity contribution in [3.05, 3.63) is 29.3 Å². The van der Waals surface area contributed by atoms with Gasteiger partial charge >= 0.3 is 7.12 Å². The molecule has 1 aromatic carbocycles. The predicted molar refractivity (Wildman–Crippen MR) is 77.6 cm³/mol. The first-order valence-corrected chi connectivity index (χ1v) is 6.71. The normalized spacial score (nSPS) is 20.8. The zero-order chi connectivity index (χ0) is 14.3. The standard InChI is InChI=1S/C15H23BO3/c1-11-7-8-12(10-17-6)9-13(11)16-18-14(2,3)15(4,5)19-16/h7-9H,10H2,1-6H3. The number of rotatable bonds is 3. The molecule has 1 saturated heterocycles. The summed E-state index contributed by atoms with van der Waals surface area (Å²) in [4.78, 5) is 0. The third-order valence-corrected chi connectivity index (χ3v) is 4.16. The van der Waals surface area contributed by atoms with Crippen LogP contribution in [0.4, 0.5) is 0 Å². The maximum atomic E-state index is 6.10. The van der Waals surface area contributed by atoms with Gasteiger partial charge in [0.2, 0.25) is 0 Å². The van der Waals surface area contributed by atoms with Crippen LogP contribution in [0.1, 0.15) is 38.8 Å². The van der Waals surface area contributed by atoms with E-state index in [9.17, 15) is 0 Å². The van der Waals surface area contributed by atoms with E-state index in [0.717, 1.165) is 11.0 Å². The molecule has 2 rings (SSSR count). The summed E-state index contributed by atoms with van der Waals surface area (Å²) in [6.07, 6.45) is 0. The van der Waals surface area contributed by atoms with Crippen molar-refractivity contribution in [1.82, 2.24) is 0 Å². The third kappa shape index (κ3) is 2.71. The lowest BCUT2D eigenvalue weighted by molar-refractivity contribution is 0.00578. The average Bonchev–Trinajstić information content (AvgIpc) is 2.51. The van der Waals surface area contributed by atoms with Gasteiger partial charge in [-0.2, -0.15) is 0 Å². The van der Waals surface area contributed by atoms with Crippen molar-refractivity contribution < 1.29 is 14.0 Å². The fourth-order valence-corrected chi connectivity index (χ4v) is 2.17. The fraction of sp³-hybridized carbons (Fsp3) is 0.600. The Morgan fingerprint density at radius 1 is 1.11 bits per heavy atom. The molecule has 0 aromatic heterocycles. The van der Waals surface area contributed by atoms with Gasteiger partial charge in [0.15, 0.2) is 0 Å². The predicted octanol–water partition coefficient (Wildman–Crippen LogP) is 2.44. The van der Waals surface area contributed by atoms with Crippen LogP contribution >= 0.6 is 0 Å². The Morgan fingerprint density at radius 3 is 2.21 bits per heavy atom. The monoisotopic (exact) mass is 262 g/mol. The number of ether oxygens (including phenoxy) is 1. The Balaban J connectivity index is 2.31. The first-order valence-electron chi connectivity index (χ1n) is 6.71. The van der Waals surface area contributed by atoms with Gasteiger partial charge in [0.1, 0.15) is 0 Å². The molecule has 1 aliphatic rings. The zero-order valence-electron chi connectivity index (χ0n) is 12.7. The van der Waals surface area contributed by atoms with E-state index in [-0.39, 0.29) is 18.3 Å². The highest BCUT2D eigenvalue weighted by Gasteiger charge is 2.52. The number of methoxy groups -OCH3 is 1. The molecule has 0 radical (unpaired) electrons. The Bertz CT molecular complexity index is 452. The molecule has 0 aliphatic carbocycles. The molecule has 1 aliphatic heterocycles. The van der Waals surface area contributed by atoms with Crippen LogP contribution in [-0.4, -0.2) is 25.4 Å². The fourth-order valence-electron chi connectivity index (χ4n) is 2.17. The molecule has 0 unspecified atom stereocenters. The van der Waals surface area contributed by atoms with E-state index in [0.29, 0.717) is 6.61 Å². The van der Waals surface area contributed by atoms with Crippen molar-refractivity contribution in [2.45, 2.75) is 52.4 Å². The number of hydrogen-bond acceptors (Lipinski definition) is 3. The minimum atomic E-state index is -0.304. The second-order valence-electron chi connectivity index (χ2n) is 6.21. The lowest BCUT2D eigenvalue weighted by Crippen LogP contribution is -2.41. The van der Waals surface area contributed by atoms with Crippen LogP contribution in [0.25, 0.3) is 0 Å². The van der Waals surface area contributed by atoms with E-state index in [1.54, 1.807) is 7.11 Å². The molecule has 0 spiro atoms. The lowest BCUT2D eigenvalue weighted by atomic mass is 9.75. The molecule has 1 heterocycles. The Hall–Kier alpha value is -0.835. The Kier molecular flexibility index (Phi) is 3.78. The molecule has 4 heteroatoms. The van der Waals surface area contributed by atoms with E-state index in [1.807, 2.05) is 0 Å². The Morgan fingerprint density at radius 2 is 1.68 bits per heavy atom. The zero-order valence-corrected chi connectivity index (χ0v) is 12.7. The van der Waals surface area contributed by atoms with E-state index >= 15 is 0 Å². The van der Waals surface area contributed by atoms with Crippen molar-refractivity contribution in [2.75, 3.05) is 7.11 Å². The summed E-state index contributed by atoms with van der Waals surface area (Å²) < 4.78 is 17.4. The highest BCUT2D eigenvalue weighted by atomic mass is 16.7. The van der Waals surface area contributed by atoms with Crippen molar-refractivity contribution in [3.8, 4) is 0 Å². The van der Waals surface area contributed by atoms with Crippen LogP contribution < -0.4 is 5.46 Å². The van der Waals surface area contributed by atoms with Crippen LogP contribution in [0.2, 0.25) is 0 Å². The maximum absolute atomic E-state index is 6.10. The average molecular weight is 262 g/mol. The molecule has 3 nitrogen and oxygen atoms in total. The van der Waals surface area contributed by atoms with Crippen molar-refractivity contribution in [3.63, 3.8) is 0 Å². The molecule has 104 valence electrons. The molecule has 1 fully saturated rings. The van der Waals surface area contributed by atoms with Crippen molar-refractivity contribution in [2.24, 2.45) is 0 Å². The van der Waals surface area contributed by atoms with Crippen LogP contribution in [0.15, 0.2) is 18.2 Å². The van der Waals surface area contributed by atoms with Crippen LogP contribution in [-0.2, 0) is 20.7 Å². The Labute approximate surface area is 116 Å². The van der Waals surface area contributed by atoms with Crippen molar-refractivity contribution >= 4 is 12.6 Å². The van der Waals surface area contributed by atoms with E-state index in [1.165, 1.54) is 5.56 Å². The maximum Gasteiger partial charge on any atom is 0.495 e. The van der Waals surface area contributed by atoms with E-state index in [4.69, 9.17) is 14.0 Å². The molecule has 0 N–H and O–H groups in total. The second kappa shape index (κ2) is 4.93. The van der Waals surface area contributed by atoms with Crippen LogP contribution in [0.5, 0.6) is 0 Å². The largest absolute Gasteiger partial charge is 0.495 e. The van der Waals surface area contributed by atoms with Gasteiger partial charge in [0.25, 0.3) is 0 Å². The van der Waals surface area contributed by atoms with Gasteiger partial charge in [-0.15, -0.1) is 0 Å². The molecule has 0 saturated carbocycles. The molecular formula is C15H23BO3. The van der Waals surface area contributed by atoms with Gasteiger partial charge in [-0.3, -0.25) is 0 Å². The highest BCUT2D eigenvalue weighted by molar-refractivity contribution is 6.62. The summed E-state index contributed by atoms with van der Waals surface area (Å²) in [5.41, 5.74) is 2.80. The lowest BCUT2D eigenvalue weighted by Gasteiger charge is -2.32.